The van der Waals surface area contributed by atoms with E-state index >= 15 is 0 Å². The topological polar surface area (TPSA) is 45.3 Å². The minimum atomic E-state index is -0.606. The Morgan fingerprint density at radius 3 is 2.74 bits per heavy atom. The molecule has 2 heterocycles. The van der Waals surface area contributed by atoms with Gasteiger partial charge in [-0.05, 0) is 61.4 Å². The molecule has 5 rings (SSSR count). The van der Waals surface area contributed by atoms with Gasteiger partial charge < -0.3 is 14.6 Å². The number of hydrogen-bond donors (Lipinski definition) is 1. The lowest BCUT2D eigenvalue weighted by molar-refractivity contribution is -0.992. The number of carbonyl (C=O) groups excluding carboxylic acids is 1. The number of nitrogens with zero attached hydrogens (tertiary/aromatic N) is 2. The van der Waals surface area contributed by atoms with Gasteiger partial charge in [-0.2, -0.15) is 0 Å². The first-order valence-corrected chi connectivity index (χ1v) is 12.4. The first-order valence-electron chi connectivity index (χ1n) is 12.4. The van der Waals surface area contributed by atoms with Crippen molar-refractivity contribution in [2.24, 2.45) is 0 Å². The van der Waals surface area contributed by atoms with Crippen LogP contribution in [0.25, 0.3) is 10.9 Å². The summed E-state index contributed by atoms with van der Waals surface area (Å²) in [5.74, 6) is 0.624. The van der Waals surface area contributed by atoms with Gasteiger partial charge in [0, 0.05) is 29.1 Å². The molecule has 35 heavy (non-hydrogen) atoms. The van der Waals surface area contributed by atoms with Gasteiger partial charge in [-0.25, -0.2) is 4.39 Å². The lowest BCUT2D eigenvalue weighted by Gasteiger charge is -2.56. The molecule has 2 aliphatic rings. The first-order chi connectivity index (χ1) is 16.9. The molecule has 1 aromatic heterocycles. The monoisotopic (exact) mass is 474 g/mol. The summed E-state index contributed by atoms with van der Waals surface area (Å²) in [6.07, 6.45) is 8.75. The van der Waals surface area contributed by atoms with Crippen LogP contribution in [0, 0.1) is 5.82 Å². The number of hydrogen-bond acceptors (Lipinski definition) is 2. The Hall–Kier alpha value is -3.38. The van der Waals surface area contributed by atoms with Gasteiger partial charge in [-0.3, -0.25) is 9.28 Å². The van der Waals surface area contributed by atoms with Gasteiger partial charge in [0.25, 0.3) is 5.72 Å². The Morgan fingerprint density at radius 2 is 1.97 bits per heavy atom. The van der Waals surface area contributed by atoms with E-state index < -0.39 is 5.72 Å². The zero-order valence-electron chi connectivity index (χ0n) is 20.5. The highest BCUT2D eigenvalue weighted by Gasteiger charge is 2.56. The van der Waals surface area contributed by atoms with Gasteiger partial charge in [-0.1, -0.05) is 24.3 Å². The number of halogens is 1. The minimum Gasteiger partial charge on any atom is -0.436 e. The Bertz CT molecular complexity index is 1290. The van der Waals surface area contributed by atoms with E-state index in [9.17, 15) is 9.18 Å². The van der Waals surface area contributed by atoms with Gasteiger partial charge in [-0.15, -0.1) is 0 Å². The van der Waals surface area contributed by atoms with Gasteiger partial charge in [0.1, 0.15) is 11.6 Å². The summed E-state index contributed by atoms with van der Waals surface area (Å²) >= 11 is 0. The molecule has 1 atom stereocenters. The highest BCUT2D eigenvalue weighted by atomic mass is 19.1. The molecule has 1 fully saturated rings. The van der Waals surface area contributed by atoms with Crippen molar-refractivity contribution in [1.29, 1.82) is 0 Å². The zero-order valence-corrected chi connectivity index (χ0v) is 20.5. The highest BCUT2D eigenvalue weighted by molar-refractivity contribution is 5.80. The van der Waals surface area contributed by atoms with Crippen LogP contribution < -0.4 is 4.74 Å². The van der Waals surface area contributed by atoms with Crippen LogP contribution in [0.15, 0.2) is 78.0 Å². The number of fused-ring (bicyclic) bond motifs is 1. The Labute approximate surface area is 206 Å². The molecule has 1 saturated heterocycles. The number of benzene rings is 2. The zero-order chi connectivity index (χ0) is 24.5. The summed E-state index contributed by atoms with van der Waals surface area (Å²) in [5.41, 5.74) is 3.88. The standard InChI is InChI=1S/C29H33FN3O2/c1-22-5-4-12-29(23(22)2,35-27-8-9-28-25(20-27)10-13-31-28)33(17-14-32(21-34)15-18-33)16-11-24-6-3-7-26(30)19-24/h3-10,13,19-21,31H,11-12,14-18H2,1-2H3/q+1. The molecule has 1 aliphatic carbocycles. The fourth-order valence-electron chi connectivity index (χ4n) is 5.81. The Morgan fingerprint density at radius 1 is 1.14 bits per heavy atom. The third-order valence-electron chi connectivity index (χ3n) is 8.01. The number of piperazine rings is 1. The number of amides is 1. The van der Waals surface area contributed by atoms with Crippen molar-refractivity contribution in [3.63, 3.8) is 0 Å². The molecule has 1 N–H and O–H groups in total. The molecule has 1 amide bonds. The largest absolute Gasteiger partial charge is 0.436 e. The second-order valence-corrected chi connectivity index (χ2v) is 9.86. The number of rotatable bonds is 7. The van der Waals surface area contributed by atoms with Crippen molar-refractivity contribution in [1.82, 2.24) is 9.88 Å². The quantitative estimate of drug-likeness (QED) is 0.377. The van der Waals surface area contributed by atoms with Gasteiger partial charge in [0.15, 0.2) is 0 Å². The van der Waals surface area contributed by atoms with Crippen LogP contribution >= 0.6 is 0 Å². The SMILES string of the molecule is CC1=C(C)C(Oc2ccc3[nH]ccc3c2)([N+]2(CCc3cccc(F)c3)CCN(C=O)CC2)CC=C1. The van der Waals surface area contributed by atoms with Crippen LogP contribution in [0.4, 0.5) is 4.39 Å². The molecule has 0 radical (unpaired) electrons. The van der Waals surface area contributed by atoms with E-state index in [1.807, 2.05) is 23.2 Å². The number of aromatic amines is 1. The Balaban J connectivity index is 1.57. The molecule has 0 saturated carbocycles. The lowest BCUT2D eigenvalue weighted by atomic mass is 9.85. The van der Waals surface area contributed by atoms with Gasteiger partial charge >= 0.3 is 0 Å². The predicted octanol–water partition coefficient (Wildman–Crippen LogP) is 5.21. The van der Waals surface area contributed by atoms with Crippen LogP contribution in [0.5, 0.6) is 5.75 Å². The van der Waals surface area contributed by atoms with Gasteiger partial charge in [0.2, 0.25) is 6.41 Å². The maximum absolute atomic E-state index is 14.0. The number of ether oxygens (including phenoxy) is 1. The molecule has 1 unspecified atom stereocenters. The molecule has 3 aromatic rings. The number of allylic oxidation sites excluding steroid dienone is 2. The summed E-state index contributed by atoms with van der Waals surface area (Å²) < 4.78 is 21.7. The second-order valence-electron chi connectivity index (χ2n) is 9.86. The van der Waals surface area contributed by atoms with E-state index in [4.69, 9.17) is 4.74 Å². The van der Waals surface area contributed by atoms with E-state index in [1.54, 1.807) is 12.1 Å². The summed E-state index contributed by atoms with van der Waals surface area (Å²) in [6, 6.07) is 15.1. The lowest BCUT2D eigenvalue weighted by Crippen LogP contribution is -2.73. The van der Waals surface area contributed by atoms with Crippen molar-refractivity contribution in [3.05, 3.63) is 89.4 Å². The van der Waals surface area contributed by atoms with Crippen molar-refractivity contribution < 1.29 is 18.4 Å². The van der Waals surface area contributed by atoms with Crippen LogP contribution in [0.3, 0.4) is 0 Å². The third-order valence-corrected chi connectivity index (χ3v) is 8.01. The summed E-state index contributed by atoms with van der Waals surface area (Å²) in [6.45, 7) is 8.01. The van der Waals surface area contributed by atoms with E-state index in [2.05, 4.69) is 49.2 Å². The van der Waals surface area contributed by atoms with Crippen LogP contribution in [0.1, 0.15) is 25.8 Å². The molecule has 6 heteroatoms. The third kappa shape index (κ3) is 4.27. The maximum atomic E-state index is 14.0. The van der Waals surface area contributed by atoms with Crippen molar-refractivity contribution >= 4 is 17.3 Å². The fraction of sp³-hybridized carbons (Fsp3) is 0.345. The number of nitrogens with one attached hydrogen (secondary N) is 1. The fourth-order valence-corrected chi connectivity index (χ4v) is 5.81. The number of quaternary nitrogens is 1. The normalized spacial score (nSPS) is 22.0. The van der Waals surface area contributed by atoms with Gasteiger partial charge in [0.05, 0.1) is 39.1 Å². The smallest absolute Gasteiger partial charge is 0.269 e. The number of aromatic nitrogens is 1. The van der Waals surface area contributed by atoms with Crippen molar-refractivity contribution in [3.8, 4) is 5.75 Å². The molecule has 182 valence electrons. The molecule has 0 spiro atoms. The first kappa shape index (κ1) is 23.4. The molecule has 2 aromatic carbocycles. The summed E-state index contributed by atoms with van der Waals surface area (Å²) in [7, 11) is 0. The van der Waals surface area contributed by atoms with Crippen molar-refractivity contribution in [2.75, 3.05) is 32.7 Å². The summed E-state index contributed by atoms with van der Waals surface area (Å²) in [4.78, 5) is 16.7. The second kappa shape index (κ2) is 9.34. The van der Waals surface area contributed by atoms with Crippen LogP contribution in [0.2, 0.25) is 0 Å². The minimum absolute atomic E-state index is 0.210. The average molecular weight is 475 g/mol. The highest BCUT2D eigenvalue weighted by Crippen LogP contribution is 2.43. The van der Waals surface area contributed by atoms with Crippen LogP contribution in [-0.4, -0.2) is 59.2 Å². The van der Waals surface area contributed by atoms with E-state index in [1.165, 1.54) is 17.2 Å². The number of carbonyl (C=O) groups is 1. The maximum Gasteiger partial charge on any atom is 0.269 e. The van der Waals surface area contributed by atoms with Crippen LogP contribution in [-0.2, 0) is 11.2 Å². The average Bonchev–Trinajstić information content (AvgIpc) is 3.34. The predicted molar refractivity (Wildman–Crippen MR) is 136 cm³/mol. The Kier molecular flexibility index (Phi) is 6.24. The number of H-pyrrole nitrogens is 1. The molecule has 5 nitrogen and oxygen atoms in total. The molecule has 0 bridgehead atoms. The molecular weight excluding hydrogens is 441 g/mol. The molecular formula is C29H33FN3O2+. The molecule has 1 aliphatic heterocycles. The van der Waals surface area contributed by atoms with E-state index in [0.717, 1.165) is 61.1 Å². The van der Waals surface area contributed by atoms with E-state index in [0.29, 0.717) is 17.6 Å². The van der Waals surface area contributed by atoms with Crippen molar-refractivity contribution in [2.45, 2.75) is 32.4 Å². The van der Waals surface area contributed by atoms with E-state index in [-0.39, 0.29) is 5.82 Å². The summed E-state index contributed by atoms with van der Waals surface area (Å²) in [5, 5.41) is 1.11.